The molecule has 2 heterocycles. The van der Waals surface area contributed by atoms with Crippen molar-refractivity contribution in [3.63, 3.8) is 0 Å². The largest absolute Gasteiger partial charge is 0.463 e. The van der Waals surface area contributed by atoms with Crippen molar-refractivity contribution in [2.45, 2.75) is 19.8 Å². The van der Waals surface area contributed by atoms with Gasteiger partial charge in [0.15, 0.2) is 5.76 Å². The van der Waals surface area contributed by atoms with Crippen molar-refractivity contribution in [2.75, 3.05) is 5.73 Å². The maximum atomic E-state index is 9.23. The van der Waals surface area contributed by atoms with Crippen LogP contribution in [0.1, 0.15) is 31.0 Å². The van der Waals surface area contributed by atoms with Crippen molar-refractivity contribution in [2.24, 2.45) is 0 Å². The van der Waals surface area contributed by atoms with Gasteiger partial charge in [-0.15, -0.1) is 0 Å². The first-order valence-corrected chi connectivity index (χ1v) is 5.25. The molecule has 2 rings (SSSR count). The van der Waals surface area contributed by atoms with Crippen LogP contribution >= 0.6 is 0 Å². The number of nitriles is 1. The van der Waals surface area contributed by atoms with E-state index >= 15 is 0 Å². The van der Waals surface area contributed by atoms with Gasteiger partial charge in [0.2, 0.25) is 5.95 Å². The molecule has 0 aliphatic rings. The predicted molar refractivity (Wildman–Crippen MR) is 63.0 cm³/mol. The first-order valence-electron chi connectivity index (χ1n) is 5.25. The van der Waals surface area contributed by atoms with Crippen LogP contribution in [0.3, 0.4) is 0 Å². The van der Waals surface area contributed by atoms with E-state index in [1.165, 1.54) is 6.26 Å². The minimum Gasteiger partial charge on any atom is -0.463 e. The molecular weight excluding hydrogens is 216 g/mol. The second kappa shape index (κ2) is 4.26. The smallest absolute Gasteiger partial charge is 0.221 e. The monoisotopic (exact) mass is 228 g/mol. The standard InChI is InChI=1S/C12H12N4O/c1-7(2)10-8(6-13)11(16-12(14)15-10)9-4-3-5-17-9/h3-5,7H,1-2H3,(H2,14,15,16). The molecule has 2 aromatic heterocycles. The summed E-state index contributed by atoms with van der Waals surface area (Å²) in [5.41, 5.74) is 7.17. The molecule has 0 saturated carbocycles. The SMILES string of the molecule is CC(C)c1nc(N)nc(-c2ccco2)c1C#N. The minimum absolute atomic E-state index is 0.101. The fourth-order valence-corrected chi connectivity index (χ4v) is 1.62. The van der Waals surface area contributed by atoms with Crippen LogP contribution < -0.4 is 5.73 Å². The van der Waals surface area contributed by atoms with Gasteiger partial charge < -0.3 is 10.2 Å². The molecule has 0 fully saturated rings. The van der Waals surface area contributed by atoms with Crippen LogP contribution in [0.25, 0.3) is 11.5 Å². The molecule has 0 aliphatic heterocycles. The van der Waals surface area contributed by atoms with E-state index in [0.29, 0.717) is 22.7 Å². The number of aromatic nitrogens is 2. The third-order valence-electron chi connectivity index (χ3n) is 2.37. The molecule has 0 amide bonds. The lowest BCUT2D eigenvalue weighted by Gasteiger charge is -2.10. The average molecular weight is 228 g/mol. The molecule has 17 heavy (non-hydrogen) atoms. The molecule has 0 atom stereocenters. The Morgan fingerprint density at radius 3 is 2.71 bits per heavy atom. The van der Waals surface area contributed by atoms with Crippen molar-refractivity contribution < 1.29 is 4.42 Å². The molecule has 2 N–H and O–H groups in total. The zero-order valence-electron chi connectivity index (χ0n) is 9.64. The number of anilines is 1. The molecule has 5 heteroatoms. The van der Waals surface area contributed by atoms with E-state index in [4.69, 9.17) is 10.2 Å². The number of hydrogen-bond donors (Lipinski definition) is 1. The summed E-state index contributed by atoms with van der Waals surface area (Å²) >= 11 is 0. The van der Waals surface area contributed by atoms with Crippen LogP contribution in [0, 0.1) is 11.3 Å². The minimum atomic E-state index is 0.101. The van der Waals surface area contributed by atoms with E-state index in [2.05, 4.69) is 16.0 Å². The Balaban J connectivity index is 2.71. The van der Waals surface area contributed by atoms with Crippen LogP contribution in [-0.4, -0.2) is 9.97 Å². The number of rotatable bonds is 2. The molecule has 0 spiro atoms. The highest BCUT2D eigenvalue weighted by atomic mass is 16.3. The quantitative estimate of drug-likeness (QED) is 0.851. The van der Waals surface area contributed by atoms with E-state index in [9.17, 15) is 5.26 Å². The Morgan fingerprint density at radius 2 is 2.18 bits per heavy atom. The summed E-state index contributed by atoms with van der Waals surface area (Å²) in [4.78, 5) is 8.20. The van der Waals surface area contributed by atoms with Crippen molar-refractivity contribution in [3.05, 3.63) is 29.7 Å². The van der Waals surface area contributed by atoms with Gasteiger partial charge >= 0.3 is 0 Å². The Morgan fingerprint density at radius 1 is 1.41 bits per heavy atom. The van der Waals surface area contributed by atoms with Gasteiger partial charge in [-0.2, -0.15) is 5.26 Å². The summed E-state index contributed by atoms with van der Waals surface area (Å²) in [6.45, 7) is 3.91. The van der Waals surface area contributed by atoms with E-state index in [-0.39, 0.29) is 11.9 Å². The van der Waals surface area contributed by atoms with E-state index in [1.54, 1.807) is 12.1 Å². The van der Waals surface area contributed by atoms with Crippen molar-refractivity contribution in [1.29, 1.82) is 5.26 Å². The second-order valence-electron chi connectivity index (χ2n) is 3.93. The molecule has 0 aromatic carbocycles. The Labute approximate surface area is 98.9 Å². The average Bonchev–Trinajstić information content (AvgIpc) is 2.81. The molecule has 0 bridgehead atoms. The topological polar surface area (TPSA) is 88.7 Å². The van der Waals surface area contributed by atoms with Crippen molar-refractivity contribution in [3.8, 4) is 17.5 Å². The van der Waals surface area contributed by atoms with Gasteiger partial charge in [-0.1, -0.05) is 13.8 Å². The Kier molecular flexibility index (Phi) is 2.79. The lowest BCUT2D eigenvalue weighted by Crippen LogP contribution is -2.06. The zero-order chi connectivity index (χ0) is 12.4. The summed E-state index contributed by atoms with van der Waals surface area (Å²) in [5, 5.41) is 9.23. The van der Waals surface area contributed by atoms with Gasteiger partial charge in [-0.05, 0) is 18.1 Å². The fourth-order valence-electron chi connectivity index (χ4n) is 1.62. The lowest BCUT2D eigenvalue weighted by atomic mass is 10.0. The highest BCUT2D eigenvalue weighted by Crippen LogP contribution is 2.27. The van der Waals surface area contributed by atoms with Gasteiger partial charge in [-0.25, -0.2) is 9.97 Å². The van der Waals surface area contributed by atoms with Gasteiger partial charge in [0.1, 0.15) is 17.3 Å². The first kappa shape index (κ1) is 11.1. The molecule has 86 valence electrons. The van der Waals surface area contributed by atoms with Gasteiger partial charge in [-0.3, -0.25) is 0 Å². The number of nitrogens with zero attached hydrogens (tertiary/aromatic N) is 3. The Hall–Kier alpha value is -2.35. The maximum absolute atomic E-state index is 9.23. The fraction of sp³-hybridized carbons (Fsp3) is 0.250. The molecule has 0 saturated heterocycles. The number of furan rings is 1. The number of nitrogens with two attached hydrogens (primary N) is 1. The predicted octanol–water partition coefficient (Wildman–Crippen LogP) is 2.31. The van der Waals surface area contributed by atoms with Gasteiger partial charge in [0.05, 0.1) is 12.0 Å². The zero-order valence-corrected chi connectivity index (χ0v) is 9.64. The van der Waals surface area contributed by atoms with Crippen LogP contribution in [0.15, 0.2) is 22.8 Å². The summed E-state index contributed by atoms with van der Waals surface area (Å²) in [6, 6.07) is 5.60. The molecular formula is C12H12N4O. The summed E-state index contributed by atoms with van der Waals surface area (Å²) in [5.74, 6) is 0.778. The molecule has 2 aromatic rings. The highest BCUT2D eigenvalue weighted by molar-refractivity contribution is 5.64. The summed E-state index contributed by atoms with van der Waals surface area (Å²) < 4.78 is 5.25. The number of hydrogen-bond acceptors (Lipinski definition) is 5. The molecule has 0 aliphatic carbocycles. The third-order valence-corrected chi connectivity index (χ3v) is 2.37. The summed E-state index contributed by atoms with van der Waals surface area (Å²) in [6.07, 6.45) is 1.53. The van der Waals surface area contributed by atoms with Gasteiger partial charge in [0, 0.05) is 0 Å². The summed E-state index contributed by atoms with van der Waals surface area (Å²) in [7, 11) is 0. The molecule has 0 radical (unpaired) electrons. The molecule has 5 nitrogen and oxygen atoms in total. The van der Waals surface area contributed by atoms with Crippen LogP contribution in [0.4, 0.5) is 5.95 Å². The lowest BCUT2D eigenvalue weighted by molar-refractivity contribution is 0.579. The highest BCUT2D eigenvalue weighted by Gasteiger charge is 2.18. The van der Waals surface area contributed by atoms with Crippen LogP contribution in [-0.2, 0) is 0 Å². The number of nitrogen functional groups attached to an aromatic ring is 1. The van der Waals surface area contributed by atoms with E-state index in [1.807, 2.05) is 13.8 Å². The van der Waals surface area contributed by atoms with E-state index < -0.39 is 0 Å². The van der Waals surface area contributed by atoms with Crippen LogP contribution in [0.2, 0.25) is 0 Å². The van der Waals surface area contributed by atoms with Gasteiger partial charge in [0.25, 0.3) is 0 Å². The normalized spacial score (nSPS) is 10.5. The van der Waals surface area contributed by atoms with Crippen molar-refractivity contribution >= 4 is 5.95 Å². The second-order valence-corrected chi connectivity index (χ2v) is 3.93. The maximum Gasteiger partial charge on any atom is 0.221 e. The first-order chi connectivity index (χ1) is 8.13. The Bertz CT molecular complexity index is 567. The van der Waals surface area contributed by atoms with Crippen LogP contribution in [0.5, 0.6) is 0 Å². The van der Waals surface area contributed by atoms with Crippen molar-refractivity contribution in [1.82, 2.24) is 9.97 Å². The third kappa shape index (κ3) is 1.97. The molecule has 0 unspecified atom stereocenters. The van der Waals surface area contributed by atoms with E-state index in [0.717, 1.165) is 0 Å².